The van der Waals surface area contributed by atoms with Gasteiger partial charge >= 0.3 is 5.97 Å². The second kappa shape index (κ2) is 5.50. The third-order valence-corrected chi connectivity index (χ3v) is 3.55. The van der Waals surface area contributed by atoms with Gasteiger partial charge in [0.05, 0.1) is 13.5 Å². The van der Waals surface area contributed by atoms with Crippen LogP contribution in [0.3, 0.4) is 0 Å². The first kappa shape index (κ1) is 12.5. The maximum Gasteiger partial charge on any atom is 0.307 e. The van der Waals surface area contributed by atoms with Gasteiger partial charge in [-0.2, -0.15) is 0 Å². The molecule has 0 saturated heterocycles. The van der Waals surface area contributed by atoms with Gasteiger partial charge in [0.15, 0.2) is 0 Å². The molecule has 1 aliphatic carbocycles. The highest BCUT2D eigenvalue weighted by atomic mass is 16.5. The predicted molar refractivity (Wildman–Crippen MR) is 60.7 cm³/mol. The molecule has 2 atom stereocenters. The molecule has 3 nitrogen and oxygen atoms in total. The number of nitrogens with one attached hydrogen (secondary N) is 1. The van der Waals surface area contributed by atoms with E-state index in [-0.39, 0.29) is 11.5 Å². The van der Waals surface area contributed by atoms with Crippen LogP contribution in [-0.4, -0.2) is 25.2 Å². The van der Waals surface area contributed by atoms with Crippen LogP contribution in [0.15, 0.2) is 0 Å². The van der Waals surface area contributed by atoms with Crippen LogP contribution in [0.5, 0.6) is 0 Å². The molecule has 88 valence electrons. The summed E-state index contributed by atoms with van der Waals surface area (Å²) in [6.45, 7) is 5.25. The summed E-state index contributed by atoms with van der Waals surface area (Å²) in [5, 5.41) is 3.49. The standard InChI is InChI=1S/C12H23NO2/c1-4-10-6-7-12(8-10,13-5-2)9-11(14)15-3/h10,13H,4-9H2,1-3H3. The largest absolute Gasteiger partial charge is 0.469 e. The first-order valence-corrected chi connectivity index (χ1v) is 5.97. The molecule has 0 aromatic rings. The van der Waals surface area contributed by atoms with Crippen molar-refractivity contribution < 1.29 is 9.53 Å². The highest BCUT2D eigenvalue weighted by molar-refractivity contribution is 5.70. The SMILES string of the molecule is CCNC1(CC(=O)OC)CCC(CC)C1. The number of ether oxygens (including phenoxy) is 1. The smallest absolute Gasteiger partial charge is 0.307 e. The van der Waals surface area contributed by atoms with Crippen molar-refractivity contribution in [2.24, 2.45) is 5.92 Å². The molecule has 1 fully saturated rings. The summed E-state index contributed by atoms with van der Waals surface area (Å²) in [4.78, 5) is 11.4. The average molecular weight is 213 g/mol. The molecule has 15 heavy (non-hydrogen) atoms. The fourth-order valence-electron chi connectivity index (χ4n) is 2.69. The lowest BCUT2D eigenvalue weighted by Crippen LogP contribution is -2.45. The van der Waals surface area contributed by atoms with Gasteiger partial charge in [-0.25, -0.2) is 0 Å². The minimum Gasteiger partial charge on any atom is -0.469 e. The van der Waals surface area contributed by atoms with E-state index in [0.29, 0.717) is 6.42 Å². The Kier molecular flexibility index (Phi) is 4.58. The number of carbonyl (C=O) groups is 1. The van der Waals surface area contributed by atoms with E-state index < -0.39 is 0 Å². The second-order valence-electron chi connectivity index (χ2n) is 4.58. The molecule has 3 heteroatoms. The van der Waals surface area contributed by atoms with Crippen LogP contribution in [0.2, 0.25) is 0 Å². The molecule has 1 saturated carbocycles. The Morgan fingerprint density at radius 3 is 2.73 bits per heavy atom. The highest BCUT2D eigenvalue weighted by Gasteiger charge is 2.39. The molecule has 0 spiro atoms. The molecule has 0 aromatic carbocycles. The number of carbonyl (C=O) groups excluding carboxylic acids is 1. The Labute approximate surface area is 92.6 Å². The number of rotatable bonds is 5. The molecule has 0 aliphatic heterocycles. The van der Waals surface area contributed by atoms with Crippen LogP contribution >= 0.6 is 0 Å². The van der Waals surface area contributed by atoms with Crippen LogP contribution in [0, 0.1) is 5.92 Å². The molecule has 1 aliphatic rings. The van der Waals surface area contributed by atoms with Crippen LogP contribution < -0.4 is 5.32 Å². The Balaban J connectivity index is 2.59. The molecule has 0 bridgehead atoms. The average Bonchev–Trinajstić information content (AvgIpc) is 2.62. The quantitative estimate of drug-likeness (QED) is 0.711. The maximum absolute atomic E-state index is 11.4. The Bertz CT molecular complexity index is 218. The maximum atomic E-state index is 11.4. The van der Waals surface area contributed by atoms with E-state index in [2.05, 4.69) is 19.2 Å². The van der Waals surface area contributed by atoms with Crippen LogP contribution in [0.4, 0.5) is 0 Å². The summed E-state index contributed by atoms with van der Waals surface area (Å²) in [5.74, 6) is 0.682. The van der Waals surface area contributed by atoms with E-state index >= 15 is 0 Å². The lowest BCUT2D eigenvalue weighted by molar-refractivity contribution is -0.142. The van der Waals surface area contributed by atoms with Gasteiger partial charge in [0, 0.05) is 5.54 Å². The first-order chi connectivity index (χ1) is 7.15. The van der Waals surface area contributed by atoms with Crippen molar-refractivity contribution in [1.82, 2.24) is 5.32 Å². The molecular formula is C12H23NO2. The number of hydrogen-bond donors (Lipinski definition) is 1. The summed E-state index contributed by atoms with van der Waals surface area (Å²) in [6.07, 6.45) is 5.20. The first-order valence-electron chi connectivity index (χ1n) is 5.97. The zero-order valence-corrected chi connectivity index (χ0v) is 10.1. The van der Waals surface area contributed by atoms with Gasteiger partial charge in [0.2, 0.25) is 0 Å². The van der Waals surface area contributed by atoms with Crippen LogP contribution in [0.1, 0.15) is 46.0 Å². The van der Waals surface area contributed by atoms with Gasteiger partial charge < -0.3 is 10.1 Å². The van der Waals surface area contributed by atoms with Crippen molar-refractivity contribution in [3.8, 4) is 0 Å². The van der Waals surface area contributed by atoms with E-state index in [4.69, 9.17) is 4.74 Å². The summed E-state index contributed by atoms with van der Waals surface area (Å²) >= 11 is 0. The molecule has 0 radical (unpaired) electrons. The van der Waals surface area contributed by atoms with Gasteiger partial charge in [-0.3, -0.25) is 4.79 Å². The van der Waals surface area contributed by atoms with Crippen molar-refractivity contribution in [3.05, 3.63) is 0 Å². The topological polar surface area (TPSA) is 38.3 Å². The molecule has 0 aromatic heterocycles. The van der Waals surface area contributed by atoms with Gasteiger partial charge in [0.25, 0.3) is 0 Å². The van der Waals surface area contributed by atoms with Crippen molar-refractivity contribution in [1.29, 1.82) is 0 Å². The van der Waals surface area contributed by atoms with Gasteiger partial charge in [-0.1, -0.05) is 20.3 Å². The van der Waals surface area contributed by atoms with E-state index in [0.717, 1.165) is 25.3 Å². The minimum absolute atomic E-state index is 0.0164. The Morgan fingerprint density at radius 2 is 2.27 bits per heavy atom. The molecule has 1 rings (SSSR count). The highest BCUT2D eigenvalue weighted by Crippen LogP contribution is 2.38. The third kappa shape index (κ3) is 3.20. The summed E-state index contributed by atoms with van der Waals surface area (Å²) < 4.78 is 4.77. The van der Waals surface area contributed by atoms with Crippen LogP contribution in [0.25, 0.3) is 0 Å². The Hall–Kier alpha value is -0.570. The van der Waals surface area contributed by atoms with Gasteiger partial charge in [0.1, 0.15) is 0 Å². The summed E-state index contributed by atoms with van der Waals surface area (Å²) in [7, 11) is 1.47. The number of methoxy groups -OCH3 is 1. The zero-order chi connectivity index (χ0) is 11.3. The number of hydrogen-bond acceptors (Lipinski definition) is 3. The van der Waals surface area contributed by atoms with Crippen LogP contribution in [-0.2, 0) is 9.53 Å². The van der Waals surface area contributed by atoms with E-state index in [1.165, 1.54) is 20.0 Å². The van der Waals surface area contributed by atoms with E-state index in [1.54, 1.807) is 0 Å². The molecule has 2 unspecified atom stereocenters. The predicted octanol–water partition coefficient (Wildman–Crippen LogP) is 2.11. The fourth-order valence-corrected chi connectivity index (χ4v) is 2.69. The summed E-state index contributed by atoms with van der Waals surface area (Å²) in [5.41, 5.74) is 0.0164. The van der Waals surface area contributed by atoms with E-state index in [1.807, 2.05) is 0 Å². The fraction of sp³-hybridized carbons (Fsp3) is 0.917. The van der Waals surface area contributed by atoms with Crippen molar-refractivity contribution >= 4 is 5.97 Å². The Morgan fingerprint density at radius 1 is 1.53 bits per heavy atom. The summed E-state index contributed by atoms with van der Waals surface area (Å²) in [6, 6.07) is 0. The third-order valence-electron chi connectivity index (χ3n) is 3.55. The van der Waals surface area contributed by atoms with E-state index in [9.17, 15) is 4.79 Å². The molecule has 0 amide bonds. The minimum atomic E-state index is -0.0901. The van der Waals surface area contributed by atoms with Crippen molar-refractivity contribution in [3.63, 3.8) is 0 Å². The number of esters is 1. The normalized spacial score (nSPS) is 30.5. The zero-order valence-electron chi connectivity index (χ0n) is 10.1. The molecule has 1 N–H and O–H groups in total. The monoisotopic (exact) mass is 213 g/mol. The molecule has 0 heterocycles. The van der Waals surface area contributed by atoms with Gasteiger partial charge in [-0.05, 0) is 31.7 Å². The van der Waals surface area contributed by atoms with Gasteiger partial charge in [-0.15, -0.1) is 0 Å². The lowest BCUT2D eigenvalue weighted by Gasteiger charge is -2.29. The van der Waals surface area contributed by atoms with Crippen molar-refractivity contribution in [2.45, 2.75) is 51.5 Å². The second-order valence-corrected chi connectivity index (χ2v) is 4.58. The molecular weight excluding hydrogens is 190 g/mol. The lowest BCUT2D eigenvalue weighted by atomic mass is 9.91. The van der Waals surface area contributed by atoms with Crippen molar-refractivity contribution in [2.75, 3.05) is 13.7 Å².